The summed E-state index contributed by atoms with van der Waals surface area (Å²) in [7, 11) is 0. The minimum Gasteiger partial charge on any atom is -0.411 e. The van der Waals surface area contributed by atoms with Crippen molar-refractivity contribution in [3.05, 3.63) is 0 Å². The van der Waals surface area contributed by atoms with Crippen LogP contribution in [0, 0.1) is 23.7 Å². The van der Waals surface area contributed by atoms with E-state index in [1.165, 1.54) is 6.42 Å². The summed E-state index contributed by atoms with van der Waals surface area (Å²) >= 11 is 0. The Labute approximate surface area is 83.2 Å². The summed E-state index contributed by atoms with van der Waals surface area (Å²) in [6, 6.07) is 0. The maximum atomic E-state index is 11.9. The van der Waals surface area contributed by atoms with Gasteiger partial charge in [0, 0.05) is 11.8 Å². The third kappa shape index (κ3) is 1.04. The van der Waals surface area contributed by atoms with E-state index < -0.39 is 0 Å². The molecule has 1 N–H and O–H groups in total. The number of hydrogen-bond acceptors (Lipinski definition) is 3. The smallest absolute Gasteiger partial charge is 0.183 e. The van der Waals surface area contributed by atoms with E-state index in [-0.39, 0.29) is 17.6 Å². The van der Waals surface area contributed by atoms with E-state index in [2.05, 4.69) is 5.16 Å². The van der Waals surface area contributed by atoms with Crippen molar-refractivity contribution in [1.82, 2.24) is 0 Å². The largest absolute Gasteiger partial charge is 0.411 e. The summed E-state index contributed by atoms with van der Waals surface area (Å²) in [6.07, 6.45) is 5.56. The highest BCUT2D eigenvalue weighted by Crippen LogP contribution is 2.48. The van der Waals surface area contributed by atoms with Gasteiger partial charge in [0.1, 0.15) is 5.71 Å². The first-order valence-electron chi connectivity index (χ1n) is 5.54. The fraction of sp³-hybridized carbons (Fsp3) is 0.818. The van der Waals surface area contributed by atoms with Gasteiger partial charge in [-0.15, -0.1) is 0 Å². The van der Waals surface area contributed by atoms with E-state index in [0.717, 1.165) is 37.5 Å². The molecule has 3 heteroatoms. The van der Waals surface area contributed by atoms with Crippen LogP contribution >= 0.6 is 0 Å². The molecule has 4 bridgehead atoms. The van der Waals surface area contributed by atoms with Gasteiger partial charge in [-0.25, -0.2) is 0 Å². The monoisotopic (exact) mass is 193 g/mol. The van der Waals surface area contributed by atoms with Gasteiger partial charge in [0.25, 0.3) is 0 Å². The number of fused-ring (bicyclic) bond motifs is 1. The zero-order valence-electron chi connectivity index (χ0n) is 8.15. The Morgan fingerprint density at radius 3 is 2.14 bits per heavy atom. The molecule has 0 saturated heterocycles. The lowest BCUT2D eigenvalue weighted by Crippen LogP contribution is -2.28. The van der Waals surface area contributed by atoms with Gasteiger partial charge in [0.15, 0.2) is 5.78 Å². The van der Waals surface area contributed by atoms with E-state index in [0.29, 0.717) is 5.71 Å². The van der Waals surface area contributed by atoms with Crippen LogP contribution in [0.4, 0.5) is 0 Å². The Bertz CT molecular complexity index is 296. The SMILES string of the molecule is O=C1/C(=N/O)C2CC3CC(CC1C3)C2. The number of carbonyl (C=O) groups excluding carboxylic acids is 1. The van der Waals surface area contributed by atoms with Crippen molar-refractivity contribution in [1.29, 1.82) is 0 Å². The fourth-order valence-corrected chi connectivity index (χ4v) is 3.83. The van der Waals surface area contributed by atoms with Gasteiger partial charge in [0.05, 0.1) is 0 Å². The van der Waals surface area contributed by atoms with Crippen molar-refractivity contribution >= 4 is 11.5 Å². The summed E-state index contributed by atoms with van der Waals surface area (Å²) in [6.45, 7) is 0. The van der Waals surface area contributed by atoms with Crippen molar-refractivity contribution in [3.63, 3.8) is 0 Å². The van der Waals surface area contributed by atoms with Gasteiger partial charge >= 0.3 is 0 Å². The van der Waals surface area contributed by atoms with Crippen LogP contribution in [0.25, 0.3) is 0 Å². The minimum absolute atomic E-state index is 0.141. The first kappa shape index (κ1) is 8.45. The molecule has 0 radical (unpaired) electrons. The van der Waals surface area contributed by atoms with E-state index in [4.69, 9.17) is 5.21 Å². The van der Waals surface area contributed by atoms with Crippen molar-refractivity contribution < 1.29 is 10.0 Å². The van der Waals surface area contributed by atoms with Gasteiger partial charge < -0.3 is 5.21 Å². The van der Waals surface area contributed by atoms with E-state index in [1.54, 1.807) is 0 Å². The highest BCUT2D eigenvalue weighted by molar-refractivity contribution is 6.41. The molecule has 4 fully saturated rings. The molecule has 0 heterocycles. The lowest BCUT2D eigenvalue weighted by atomic mass is 9.68. The third-order valence-corrected chi connectivity index (χ3v) is 4.26. The molecule has 14 heavy (non-hydrogen) atoms. The maximum Gasteiger partial charge on any atom is 0.183 e. The van der Waals surface area contributed by atoms with Gasteiger partial charge in [-0.3, -0.25) is 4.79 Å². The maximum absolute atomic E-state index is 11.9. The zero-order chi connectivity index (χ0) is 9.71. The first-order valence-corrected chi connectivity index (χ1v) is 5.54. The second-order valence-corrected chi connectivity index (χ2v) is 5.15. The van der Waals surface area contributed by atoms with Gasteiger partial charge in [-0.1, -0.05) is 5.16 Å². The molecule has 4 aliphatic carbocycles. The third-order valence-electron chi connectivity index (χ3n) is 4.26. The lowest BCUT2D eigenvalue weighted by Gasteiger charge is -2.37. The number of oxime groups is 1. The summed E-state index contributed by atoms with van der Waals surface area (Å²) in [5, 5.41) is 12.2. The number of carbonyl (C=O) groups is 1. The number of rotatable bonds is 0. The number of ketones is 1. The van der Waals surface area contributed by atoms with Gasteiger partial charge in [-0.05, 0) is 43.9 Å². The van der Waals surface area contributed by atoms with Crippen LogP contribution in [-0.2, 0) is 4.79 Å². The first-order chi connectivity index (χ1) is 6.78. The molecular formula is C11H15NO2. The molecule has 0 spiro atoms. The van der Waals surface area contributed by atoms with Crippen LogP contribution in [-0.4, -0.2) is 16.7 Å². The van der Waals surface area contributed by atoms with E-state index in [9.17, 15) is 4.79 Å². The second-order valence-electron chi connectivity index (χ2n) is 5.15. The lowest BCUT2D eigenvalue weighted by molar-refractivity contribution is -0.117. The Hall–Kier alpha value is -0.860. The molecule has 4 saturated carbocycles. The van der Waals surface area contributed by atoms with Crippen LogP contribution in [0.2, 0.25) is 0 Å². The topological polar surface area (TPSA) is 49.7 Å². The molecule has 4 rings (SSSR count). The van der Waals surface area contributed by atoms with Crippen LogP contribution in [0.15, 0.2) is 5.16 Å². The predicted molar refractivity (Wildman–Crippen MR) is 51.3 cm³/mol. The molecule has 3 nitrogen and oxygen atoms in total. The molecule has 0 aliphatic heterocycles. The van der Waals surface area contributed by atoms with E-state index in [1.807, 2.05) is 0 Å². The van der Waals surface area contributed by atoms with Crippen molar-refractivity contribution in [2.24, 2.45) is 28.8 Å². The number of nitrogens with zero attached hydrogens (tertiary/aromatic N) is 1. The summed E-state index contributed by atoms with van der Waals surface area (Å²) in [4.78, 5) is 11.9. The Kier molecular flexibility index (Phi) is 1.70. The van der Waals surface area contributed by atoms with Crippen LogP contribution in [0.1, 0.15) is 32.1 Å². The average molecular weight is 193 g/mol. The molecule has 0 aromatic heterocycles. The Morgan fingerprint density at radius 1 is 1.00 bits per heavy atom. The van der Waals surface area contributed by atoms with Crippen LogP contribution in [0.3, 0.4) is 0 Å². The molecular weight excluding hydrogens is 178 g/mol. The standard InChI is InChI=1S/C11H15NO2/c13-11-9-4-6-1-7(5-9)3-8(2-6)10(11)12-14/h6-9,14H,1-5H2/b12-10+. The van der Waals surface area contributed by atoms with E-state index >= 15 is 0 Å². The van der Waals surface area contributed by atoms with Crippen molar-refractivity contribution in [2.45, 2.75) is 32.1 Å². The molecule has 2 atom stereocenters. The highest BCUT2D eigenvalue weighted by atomic mass is 16.4. The molecule has 76 valence electrons. The molecule has 0 aromatic carbocycles. The van der Waals surface area contributed by atoms with Crippen LogP contribution in [0.5, 0.6) is 0 Å². The van der Waals surface area contributed by atoms with Gasteiger partial charge in [-0.2, -0.15) is 0 Å². The summed E-state index contributed by atoms with van der Waals surface area (Å²) in [5.41, 5.74) is 0.486. The number of Topliss-reactive ketones (excluding diaryl/α,β-unsaturated/α-hetero) is 1. The summed E-state index contributed by atoms with van der Waals surface area (Å²) in [5.74, 6) is 2.03. The minimum atomic E-state index is 0.141. The van der Waals surface area contributed by atoms with Crippen molar-refractivity contribution in [2.75, 3.05) is 0 Å². The fourth-order valence-electron chi connectivity index (χ4n) is 3.83. The van der Waals surface area contributed by atoms with Gasteiger partial charge in [0.2, 0.25) is 0 Å². The zero-order valence-corrected chi connectivity index (χ0v) is 8.15. The molecule has 4 aliphatic rings. The normalized spacial score (nSPS) is 48.6. The Morgan fingerprint density at radius 2 is 1.57 bits per heavy atom. The second kappa shape index (κ2) is 2.81. The summed E-state index contributed by atoms with van der Waals surface area (Å²) < 4.78 is 0. The number of hydrogen-bond donors (Lipinski definition) is 1. The van der Waals surface area contributed by atoms with Crippen molar-refractivity contribution in [3.8, 4) is 0 Å². The molecule has 0 amide bonds. The molecule has 2 unspecified atom stereocenters. The average Bonchev–Trinajstić information content (AvgIpc) is 2.29. The Balaban J connectivity index is 2.04. The van der Waals surface area contributed by atoms with Crippen LogP contribution < -0.4 is 0 Å². The predicted octanol–water partition coefficient (Wildman–Crippen LogP) is 1.84. The highest BCUT2D eigenvalue weighted by Gasteiger charge is 2.46. The quantitative estimate of drug-likeness (QED) is 0.471. The molecule has 0 aromatic rings.